The molecule has 5 nitrogen and oxygen atoms in total. The molecule has 1 heterocycles. The summed E-state index contributed by atoms with van der Waals surface area (Å²) in [6, 6.07) is 0.342. The first-order chi connectivity index (χ1) is 9.54. The van der Waals surface area contributed by atoms with Gasteiger partial charge in [-0.1, -0.05) is 6.92 Å². The third-order valence-electron chi connectivity index (χ3n) is 3.70. The maximum Gasteiger partial charge on any atom is 0.306 e. The number of likely N-dealkylation sites (tertiary alicyclic amines) is 1. The molecule has 1 rings (SSSR count). The summed E-state index contributed by atoms with van der Waals surface area (Å²) in [5.41, 5.74) is 0. The quantitative estimate of drug-likeness (QED) is 0.664. The van der Waals surface area contributed by atoms with E-state index in [1.807, 2.05) is 11.8 Å². The average molecular weight is 302 g/mol. The average Bonchev–Trinajstić information content (AvgIpc) is 2.45. The predicted molar refractivity (Wildman–Crippen MR) is 82.0 cm³/mol. The number of carboxylic acid groups (broad SMARTS) is 1. The molecule has 0 aromatic carbocycles. The Bertz CT molecular complexity index is 318. The molecule has 1 aliphatic heterocycles. The van der Waals surface area contributed by atoms with Crippen molar-refractivity contribution < 1.29 is 14.7 Å². The fraction of sp³-hybridized carbons (Fsp3) is 0.857. The molecule has 0 saturated carbocycles. The fourth-order valence-corrected chi connectivity index (χ4v) is 3.06. The molecule has 2 N–H and O–H groups in total. The SMILES string of the molecule is CCSCCC(C)NCC(=O)N1CCC(C(=O)O)CC1. The summed E-state index contributed by atoms with van der Waals surface area (Å²) in [6.07, 6.45) is 2.21. The Morgan fingerprint density at radius 3 is 2.60 bits per heavy atom. The van der Waals surface area contributed by atoms with Gasteiger partial charge in [0.1, 0.15) is 0 Å². The van der Waals surface area contributed by atoms with E-state index in [2.05, 4.69) is 19.2 Å². The summed E-state index contributed by atoms with van der Waals surface area (Å²) in [7, 11) is 0. The Balaban J connectivity index is 2.18. The molecule has 1 fully saturated rings. The van der Waals surface area contributed by atoms with Gasteiger partial charge in [0.15, 0.2) is 0 Å². The monoisotopic (exact) mass is 302 g/mol. The topological polar surface area (TPSA) is 69.6 Å². The van der Waals surface area contributed by atoms with E-state index in [-0.39, 0.29) is 11.8 Å². The maximum atomic E-state index is 12.0. The minimum Gasteiger partial charge on any atom is -0.481 e. The van der Waals surface area contributed by atoms with E-state index in [0.717, 1.165) is 17.9 Å². The largest absolute Gasteiger partial charge is 0.481 e. The lowest BCUT2D eigenvalue weighted by Crippen LogP contribution is -2.45. The van der Waals surface area contributed by atoms with Crippen molar-refractivity contribution in [3.05, 3.63) is 0 Å². The van der Waals surface area contributed by atoms with Crippen LogP contribution >= 0.6 is 11.8 Å². The lowest BCUT2D eigenvalue weighted by molar-refractivity contribution is -0.145. The van der Waals surface area contributed by atoms with Crippen LogP contribution in [-0.2, 0) is 9.59 Å². The third kappa shape index (κ3) is 6.13. The van der Waals surface area contributed by atoms with Gasteiger partial charge in [-0.3, -0.25) is 9.59 Å². The molecule has 1 atom stereocenters. The summed E-state index contributed by atoms with van der Waals surface area (Å²) < 4.78 is 0. The maximum absolute atomic E-state index is 12.0. The molecule has 1 unspecified atom stereocenters. The molecule has 0 spiro atoms. The van der Waals surface area contributed by atoms with Crippen LogP contribution in [0.5, 0.6) is 0 Å². The van der Waals surface area contributed by atoms with Gasteiger partial charge in [-0.2, -0.15) is 11.8 Å². The van der Waals surface area contributed by atoms with Crippen molar-refractivity contribution in [3.8, 4) is 0 Å². The summed E-state index contributed by atoms with van der Waals surface area (Å²) in [6.45, 7) is 5.73. The number of hydrogen-bond acceptors (Lipinski definition) is 4. The molecule has 0 bridgehead atoms. The highest BCUT2D eigenvalue weighted by molar-refractivity contribution is 7.99. The molecule has 1 amide bonds. The first kappa shape index (κ1) is 17.3. The third-order valence-corrected chi connectivity index (χ3v) is 4.63. The van der Waals surface area contributed by atoms with Gasteiger partial charge in [0.05, 0.1) is 12.5 Å². The first-order valence-electron chi connectivity index (χ1n) is 7.36. The van der Waals surface area contributed by atoms with E-state index in [1.165, 1.54) is 0 Å². The van der Waals surface area contributed by atoms with E-state index in [9.17, 15) is 9.59 Å². The van der Waals surface area contributed by atoms with Crippen LogP contribution in [0.4, 0.5) is 0 Å². The molecule has 1 aliphatic rings. The van der Waals surface area contributed by atoms with Crippen LogP contribution in [-0.4, -0.2) is 59.1 Å². The molecule has 116 valence electrons. The normalized spacial score (nSPS) is 18.0. The van der Waals surface area contributed by atoms with Crippen LogP contribution in [0.25, 0.3) is 0 Å². The smallest absolute Gasteiger partial charge is 0.306 e. The number of amides is 1. The first-order valence-corrected chi connectivity index (χ1v) is 8.51. The van der Waals surface area contributed by atoms with E-state index < -0.39 is 5.97 Å². The van der Waals surface area contributed by atoms with Crippen LogP contribution < -0.4 is 5.32 Å². The van der Waals surface area contributed by atoms with E-state index in [4.69, 9.17) is 5.11 Å². The van der Waals surface area contributed by atoms with Gasteiger partial charge in [0.2, 0.25) is 5.91 Å². The Morgan fingerprint density at radius 2 is 2.05 bits per heavy atom. The molecule has 0 aliphatic carbocycles. The second-order valence-electron chi connectivity index (χ2n) is 5.26. The summed E-state index contributed by atoms with van der Waals surface area (Å²) in [4.78, 5) is 24.7. The number of nitrogens with one attached hydrogen (secondary N) is 1. The number of piperidine rings is 1. The van der Waals surface area contributed by atoms with Gasteiger partial charge in [0, 0.05) is 19.1 Å². The van der Waals surface area contributed by atoms with E-state index >= 15 is 0 Å². The van der Waals surface area contributed by atoms with Crippen molar-refractivity contribution in [2.75, 3.05) is 31.1 Å². The Kier molecular flexibility index (Phi) is 7.99. The highest BCUT2D eigenvalue weighted by atomic mass is 32.2. The zero-order chi connectivity index (χ0) is 15.0. The Labute approximate surface area is 125 Å². The van der Waals surface area contributed by atoms with Gasteiger partial charge in [-0.05, 0) is 37.7 Å². The van der Waals surface area contributed by atoms with E-state index in [1.54, 1.807) is 4.90 Å². The molecule has 0 aromatic heterocycles. The van der Waals surface area contributed by atoms with Gasteiger partial charge < -0.3 is 15.3 Å². The van der Waals surface area contributed by atoms with Crippen LogP contribution in [0.1, 0.15) is 33.1 Å². The Hall–Kier alpha value is -0.750. The summed E-state index contributed by atoms with van der Waals surface area (Å²) in [5, 5.41) is 12.2. The second kappa shape index (κ2) is 9.23. The standard InChI is InChI=1S/C14H26N2O3S/c1-3-20-9-6-11(2)15-10-13(17)16-7-4-12(5-8-16)14(18)19/h11-12,15H,3-10H2,1-2H3,(H,18,19). The molecule has 20 heavy (non-hydrogen) atoms. The van der Waals surface area contributed by atoms with Gasteiger partial charge in [-0.25, -0.2) is 0 Å². The van der Waals surface area contributed by atoms with Gasteiger partial charge in [0.25, 0.3) is 0 Å². The molecule has 6 heteroatoms. The summed E-state index contributed by atoms with van der Waals surface area (Å²) >= 11 is 1.91. The number of carboxylic acids is 1. The molecular weight excluding hydrogens is 276 g/mol. The zero-order valence-electron chi connectivity index (χ0n) is 12.4. The highest BCUT2D eigenvalue weighted by Gasteiger charge is 2.26. The zero-order valence-corrected chi connectivity index (χ0v) is 13.2. The molecule has 0 aromatic rings. The number of rotatable bonds is 8. The molecule has 0 radical (unpaired) electrons. The van der Waals surface area contributed by atoms with Crippen molar-refractivity contribution in [2.45, 2.75) is 39.2 Å². The van der Waals surface area contributed by atoms with Crippen LogP contribution in [0.2, 0.25) is 0 Å². The Morgan fingerprint density at radius 1 is 1.40 bits per heavy atom. The van der Waals surface area contributed by atoms with Crippen molar-refractivity contribution in [1.82, 2.24) is 10.2 Å². The number of thioether (sulfide) groups is 1. The number of hydrogen-bond donors (Lipinski definition) is 2. The lowest BCUT2D eigenvalue weighted by atomic mass is 9.97. The van der Waals surface area contributed by atoms with Crippen molar-refractivity contribution in [2.24, 2.45) is 5.92 Å². The number of nitrogens with zero attached hydrogens (tertiary/aromatic N) is 1. The van der Waals surface area contributed by atoms with Crippen LogP contribution in [0.15, 0.2) is 0 Å². The fourth-order valence-electron chi connectivity index (χ4n) is 2.26. The van der Waals surface area contributed by atoms with E-state index in [0.29, 0.717) is 38.5 Å². The number of carbonyl (C=O) groups is 2. The van der Waals surface area contributed by atoms with Crippen LogP contribution in [0, 0.1) is 5.92 Å². The van der Waals surface area contributed by atoms with Crippen LogP contribution in [0.3, 0.4) is 0 Å². The van der Waals surface area contributed by atoms with Gasteiger partial charge in [-0.15, -0.1) is 0 Å². The number of aliphatic carboxylic acids is 1. The molecular formula is C14H26N2O3S. The summed E-state index contributed by atoms with van der Waals surface area (Å²) in [5.74, 6) is 1.31. The predicted octanol–water partition coefficient (Wildman–Crippen LogP) is 1.43. The van der Waals surface area contributed by atoms with Crippen molar-refractivity contribution in [1.29, 1.82) is 0 Å². The minimum absolute atomic E-state index is 0.0869. The van der Waals surface area contributed by atoms with Crippen molar-refractivity contribution >= 4 is 23.6 Å². The minimum atomic E-state index is -0.739. The van der Waals surface area contributed by atoms with Gasteiger partial charge >= 0.3 is 5.97 Å². The number of carbonyl (C=O) groups excluding carboxylic acids is 1. The van der Waals surface area contributed by atoms with Crippen molar-refractivity contribution in [3.63, 3.8) is 0 Å². The molecule has 1 saturated heterocycles. The second-order valence-corrected chi connectivity index (χ2v) is 6.65. The highest BCUT2D eigenvalue weighted by Crippen LogP contribution is 2.17. The lowest BCUT2D eigenvalue weighted by Gasteiger charge is -2.30.